The molecule has 8 heteroatoms. The van der Waals surface area contributed by atoms with E-state index in [-0.39, 0.29) is 17.9 Å². The van der Waals surface area contributed by atoms with Gasteiger partial charge >= 0.3 is 6.36 Å². The lowest BCUT2D eigenvalue weighted by Gasteiger charge is -2.11. The van der Waals surface area contributed by atoms with Crippen LogP contribution in [-0.2, 0) is 0 Å². The van der Waals surface area contributed by atoms with Crippen LogP contribution >= 0.6 is 11.3 Å². The van der Waals surface area contributed by atoms with Gasteiger partial charge in [-0.15, -0.1) is 13.2 Å². The number of thiophene rings is 1. The first-order valence-electron chi connectivity index (χ1n) is 6.69. The maximum Gasteiger partial charge on any atom is 0.573 e. The molecule has 0 bridgehead atoms. The maximum atomic E-state index is 12.0. The lowest BCUT2D eigenvalue weighted by Crippen LogP contribution is -2.25. The highest BCUT2D eigenvalue weighted by Gasteiger charge is 2.31. The van der Waals surface area contributed by atoms with E-state index in [9.17, 15) is 23.1 Å². The van der Waals surface area contributed by atoms with Crippen molar-refractivity contribution >= 4 is 17.2 Å². The van der Waals surface area contributed by atoms with Crippen molar-refractivity contribution in [1.29, 1.82) is 0 Å². The fourth-order valence-corrected chi connectivity index (χ4v) is 2.57. The minimum absolute atomic E-state index is 0.213. The highest BCUT2D eigenvalue weighted by molar-refractivity contribution is 7.07. The van der Waals surface area contributed by atoms with Gasteiger partial charge in [-0.25, -0.2) is 0 Å². The molecule has 0 saturated carbocycles. The average Bonchev–Trinajstić information content (AvgIpc) is 3.00. The summed E-state index contributed by atoms with van der Waals surface area (Å²) < 4.78 is 39.8. The van der Waals surface area contributed by atoms with E-state index < -0.39 is 18.4 Å². The monoisotopic (exact) mass is 345 g/mol. The first-order chi connectivity index (χ1) is 10.8. The Hall–Kier alpha value is -2.06. The van der Waals surface area contributed by atoms with E-state index in [1.807, 2.05) is 10.8 Å². The topological polar surface area (TPSA) is 58.6 Å². The minimum atomic E-state index is -4.76. The quantitative estimate of drug-likeness (QED) is 0.842. The Kier molecular flexibility index (Phi) is 5.62. The van der Waals surface area contributed by atoms with E-state index in [4.69, 9.17) is 0 Å². The highest BCUT2D eigenvalue weighted by Crippen LogP contribution is 2.23. The zero-order chi connectivity index (χ0) is 16.9. The number of hydrogen-bond acceptors (Lipinski definition) is 4. The van der Waals surface area contributed by atoms with Gasteiger partial charge in [0.15, 0.2) is 0 Å². The molecule has 2 rings (SSSR count). The number of halogens is 3. The molecule has 1 heterocycles. The Morgan fingerprint density at radius 1 is 1.26 bits per heavy atom. The molecule has 1 aromatic heterocycles. The predicted octanol–water partition coefficient (Wildman–Crippen LogP) is 3.50. The van der Waals surface area contributed by atoms with Gasteiger partial charge in [-0.1, -0.05) is 0 Å². The summed E-state index contributed by atoms with van der Waals surface area (Å²) >= 11 is 1.47. The molecule has 2 aromatic rings. The number of hydrogen-bond donors (Lipinski definition) is 2. The van der Waals surface area contributed by atoms with Gasteiger partial charge in [0.2, 0.25) is 0 Å². The molecule has 0 spiro atoms. The van der Waals surface area contributed by atoms with Crippen molar-refractivity contribution in [1.82, 2.24) is 5.32 Å². The van der Waals surface area contributed by atoms with Gasteiger partial charge < -0.3 is 15.2 Å². The summed E-state index contributed by atoms with van der Waals surface area (Å²) in [6, 6.07) is 6.43. The third-order valence-electron chi connectivity index (χ3n) is 2.98. The van der Waals surface area contributed by atoms with E-state index in [1.165, 1.54) is 23.5 Å². The van der Waals surface area contributed by atoms with Gasteiger partial charge in [-0.3, -0.25) is 4.79 Å². The van der Waals surface area contributed by atoms with Crippen molar-refractivity contribution in [2.75, 3.05) is 6.54 Å². The Labute approximate surface area is 134 Å². The zero-order valence-corrected chi connectivity index (χ0v) is 12.7. The molecule has 1 atom stereocenters. The van der Waals surface area contributed by atoms with Crippen LogP contribution in [0.1, 0.15) is 28.4 Å². The lowest BCUT2D eigenvalue weighted by atomic mass is 10.1. The summed E-state index contributed by atoms with van der Waals surface area (Å²) in [5.41, 5.74) is 1.00. The standard InChI is InChI=1S/C15H14F3NO3S/c16-15(17,18)22-12-3-1-10(2-4-12)14(21)19-7-5-13(20)11-6-8-23-9-11/h1-4,6,8-9,13,20H,5,7H2,(H,19,21). The molecule has 23 heavy (non-hydrogen) atoms. The number of amides is 1. The van der Waals surface area contributed by atoms with Gasteiger partial charge in [0.05, 0.1) is 6.10 Å². The van der Waals surface area contributed by atoms with E-state index in [0.717, 1.165) is 17.7 Å². The first-order valence-corrected chi connectivity index (χ1v) is 7.63. The molecule has 0 saturated heterocycles. The number of carbonyl (C=O) groups is 1. The fourth-order valence-electron chi connectivity index (χ4n) is 1.86. The third-order valence-corrected chi connectivity index (χ3v) is 3.68. The van der Waals surface area contributed by atoms with Gasteiger partial charge in [-0.05, 0) is 53.1 Å². The molecule has 0 radical (unpaired) electrons. The van der Waals surface area contributed by atoms with Crippen LogP contribution in [0.25, 0.3) is 0 Å². The van der Waals surface area contributed by atoms with Crippen molar-refractivity contribution in [2.24, 2.45) is 0 Å². The number of carbonyl (C=O) groups excluding carboxylic acids is 1. The Bertz CT molecular complexity index is 626. The fraction of sp³-hybridized carbons (Fsp3) is 0.267. The van der Waals surface area contributed by atoms with Gasteiger partial charge in [-0.2, -0.15) is 11.3 Å². The van der Waals surface area contributed by atoms with E-state index in [0.29, 0.717) is 6.42 Å². The van der Waals surface area contributed by atoms with E-state index >= 15 is 0 Å². The van der Waals surface area contributed by atoms with E-state index in [2.05, 4.69) is 10.1 Å². The number of nitrogens with one attached hydrogen (secondary N) is 1. The summed E-state index contributed by atoms with van der Waals surface area (Å²) in [4.78, 5) is 11.9. The second kappa shape index (κ2) is 7.47. The van der Waals surface area contributed by atoms with Crippen LogP contribution in [0.15, 0.2) is 41.1 Å². The normalized spacial score (nSPS) is 12.7. The summed E-state index contributed by atoms with van der Waals surface area (Å²) in [5, 5.41) is 16.1. The molecule has 2 N–H and O–H groups in total. The molecule has 1 amide bonds. The van der Waals surface area contributed by atoms with Crippen LogP contribution < -0.4 is 10.1 Å². The minimum Gasteiger partial charge on any atom is -0.406 e. The second-order valence-electron chi connectivity index (χ2n) is 4.69. The average molecular weight is 345 g/mol. The Morgan fingerprint density at radius 3 is 2.52 bits per heavy atom. The van der Waals surface area contributed by atoms with Gasteiger partial charge in [0, 0.05) is 12.1 Å². The highest BCUT2D eigenvalue weighted by atomic mass is 32.1. The summed E-state index contributed by atoms with van der Waals surface area (Å²) in [6.45, 7) is 0.247. The molecular formula is C15H14F3NO3S. The predicted molar refractivity (Wildman–Crippen MR) is 79.4 cm³/mol. The van der Waals surface area contributed by atoms with Crippen molar-refractivity contribution in [3.63, 3.8) is 0 Å². The van der Waals surface area contributed by atoms with Crippen molar-refractivity contribution < 1.29 is 27.8 Å². The molecule has 1 unspecified atom stereocenters. The molecule has 0 aliphatic carbocycles. The van der Waals surface area contributed by atoms with E-state index in [1.54, 1.807) is 6.07 Å². The number of rotatable bonds is 6. The van der Waals surface area contributed by atoms with Crippen molar-refractivity contribution in [2.45, 2.75) is 18.9 Å². The largest absolute Gasteiger partial charge is 0.573 e. The summed E-state index contributed by atoms with van der Waals surface area (Å²) in [5.74, 6) is -0.817. The van der Waals surface area contributed by atoms with Crippen LogP contribution in [0.2, 0.25) is 0 Å². The molecule has 0 aliphatic heterocycles. The smallest absolute Gasteiger partial charge is 0.406 e. The van der Waals surface area contributed by atoms with Crippen LogP contribution in [0.5, 0.6) is 5.75 Å². The molecular weight excluding hydrogens is 331 g/mol. The molecule has 4 nitrogen and oxygen atoms in total. The number of aliphatic hydroxyl groups is 1. The molecule has 1 aromatic carbocycles. The summed E-state index contributed by atoms with van der Waals surface area (Å²) in [6.07, 6.45) is -5.08. The third kappa shape index (κ3) is 5.57. The SMILES string of the molecule is O=C(NCCC(O)c1ccsc1)c1ccc(OC(F)(F)F)cc1. The molecule has 124 valence electrons. The Balaban J connectivity index is 1.81. The van der Waals surface area contributed by atoms with Crippen LogP contribution in [-0.4, -0.2) is 23.9 Å². The van der Waals surface area contributed by atoms with Crippen LogP contribution in [0.3, 0.4) is 0 Å². The maximum absolute atomic E-state index is 12.0. The number of aliphatic hydroxyl groups excluding tert-OH is 1. The number of ether oxygens (including phenoxy) is 1. The van der Waals surface area contributed by atoms with Crippen molar-refractivity contribution in [3.05, 3.63) is 52.2 Å². The molecule has 0 fully saturated rings. The number of benzene rings is 1. The molecule has 0 aliphatic rings. The van der Waals surface area contributed by atoms with Gasteiger partial charge in [0.25, 0.3) is 5.91 Å². The zero-order valence-electron chi connectivity index (χ0n) is 11.8. The Morgan fingerprint density at radius 2 is 1.96 bits per heavy atom. The number of alkyl halides is 3. The lowest BCUT2D eigenvalue weighted by molar-refractivity contribution is -0.274. The first kappa shape index (κ1) is 17.3. The second-order valence-corrected chi connectivity index (χ2v) is 5.47. The van der Waals surface area contributed by atoms with Crippen molar-refractivity contribution in [3.8, 4) is 5.75 Å². The summed E-state index contributed by atoms with van der Waals surface area (Å²) in [7, 11) is 0. The van der Waals surface area contributed by atoms with Gasteiger partial charge in [0.1, 0.15) is 5.75 Å². The van der Waals surface area contributed by atoms with Crippen LogP contribution in [0.4, 0.5) is 13.2 Å². The van der Waals surface area contributed by atoms with Crippen LogP contribution in [0, 0.1) is 0 Å².